The van der Waals surface area contributed by atoms with Crippen molar-refractivity contribution < 1.29 is 34.4 Å². The van der Waals surface area contributed by atoms with Gasteiger partial charge in [0.2, 0.25) is 0 Å². The number of rotatable bonds is 13. The fraction of sp³-hybridized carbons (Fsp3) is 0.619. The van der Waals surface area contributed by atoms with E-state index in [2.05, 4.69) is 0 Å². The van der Waals surface area contributed by atoms with Gasteiger partial charge < -0.3 is 24.8 Å². The van der Waals surface area contributed by atoms with Gasteiger partial charge in [0, 0.05) is 18.8 Å². The van der Waals surface area contributed by atoms with Crippen molar-refractivity contribution in [3.05, 3.63) is 30.3 Å². The zero-order chi connectivity index (χ0) is 20.4. The molecule has 3 N–H and O–H groups in total. The van der Waals surface area contributed by atoms with E-state index in [1.54, 1.807) is 12.1 Å². The number of carboxylic acid groups (broad SMARTS) is 1. The van der Waals surface area contributed by atoms with Crippen LogP contribution in [-0.2, 0) is 14.3 Å². The predicted molar refractivity (Wildman–Crippen MR) is 102 cm³/mol. The maximum atomic E-state index is 12.2. The Morgan fingerprint density at radius 1 is 1.11 bits per heavy atom. The Labute approximate surface area is 165 Å². The van der Waals surface area contributed by atoms with Crippen LogP contribution in [0.15, 0.2) is 30.3 Å². The van der Waals surface area contributed by atoms with E-state index in [-0.39, 0.29) is 37.8 Å². The summed E-state index contributed by atoms with van der Waals surface area (Å²) in [7, 11) is 0. The number of ketones is 1. The number of hydrogen-bond donors (Lipinski definition) is 3. The monoisotopic (exact) mass is 394 g/mol. The van der Waals surface area contributed by atoms with Gasteiger partial charge in [0.05, 0.1) is 18.8 Å². The highest BCUT2D eigenvalue weighted by Crippen LogP contribution is 2.30. The van der Waals surface area contributed by atoms with Gasteiger partial charge in [-0.25, -0.2) is 0 Å². The quantitative estimate of drug-likeness (QED) is 0.440. The van der Waals surface area contributed by atoms with Crippen LogP contribution in [0.1, 0.15) is 44.9 Å². The summed E-state index contributed by atoms with van der Waals surface area (Å²) in [6.45, 7) is 0.0476. The molecule has 0 amide bonds. The Bertz CT molecular complexity index is 604. The molecule has 2 rings (SSSR count). The summed E-state index contributed by atoms with van der Waals surface area (Å²) in [6.07, 6.45) is 1.56. The summed E-state index contributed by atoms with van der Waals surface area (Å²) >= 11 is 0. The third kappa shape index (κ3) is 7.58. The summed E-state index contributed by atoms with van der Waals surface area (Å²) in [4.78, 5) is 22.7. The molecule has 1 fully saturated rings. The first-order valence-corrected chi connectivity index (χ1v) is 9.87. The number of carboxylic acids is 1. The highest BCUT2D eigenvalue weighted by Gasteiger charge is 2.42. The molecule has 0 radical (unpaired) electrons. The second kappa shape index (κ2) is 11.8. The smallest absolute Gasteiger partial charge is 0.303 e. The number of ether oxygens (including phenoxy) is 2. The lowest BCUT2D eigenvalue weighted by Gasteiger charge is -2.23. The minimum absolute atomic E-state index is 0.0157. The number of unbranched alkanes of at least 4 members (excludes halogenated alkanes) is 3. The molecule has 0 bridgehead atoms. The highest BCUT2D eigenvalue weighted by atomic mass is 16.5. The lowest BCUT2D eigenvalue weighted by molar-refractivity contribution is -0.137. The van der Waals surface area contributed by atoms with Crippen LogP contribution < -0.4 is 4.74 Å². The molecule has 28 heavy (non-hydrogen) atoms. The molecule has 4 atom stereocenters. The summed E-state index contributed by atoms with van der Waals surface area (Å²) in [5.41, 5.74) is 0. The van der Waals surface area contributed by atoms with Crippen LogP contribution in [0.5, 0.6) is 5.75 Å². The normalized spacial score (nSPS) is 22.9. The maximum absolute atomic E-state index is 12.2. The number of carbonyl (C=O) groups excluding carboxylic acids is 1. The first-order valence-electron chi connectivity index (χ1n) is 9.87. The molecule has 7 heteroatoms. The second-order valence-corrected chi connectivity index (χ2v) is 7.27. The molecular formula is C21H30O7. The molecule has 1 aliphatic rings. The number of benzene rings is 1. The minimum atomic E-state index is -0.861. The molecule has 1 aromatic carbocycles. The van der Waals surface area contributed by atoms with Gasteiger partial charge in [0.1, 0.15) is 24.2 Å². The summed E-state index contributed by atoms with van der Waals surface area (Å²) in [5.74, 6) is -0.537. The van der Waals surface area contributed by atoms with Crippen LogP contribution in [0, 0.1) is 5.92 Å². The van der Waals surface area contributed by atoms with Gasteiger partial charge in [0.15, 0.2) is 0 Å². The van der Waals surface area contributed by atoms with Crippen molar-refractivity contribution in [3.8, 4) is 5.75 Å². The fourth-order valence-electron chi connectivity index (χ4n) is 3.45. The van der Waals surface area contributed by atoms with Crippen LogP contribution >= 0.6 is 0 Å². The van der Waals surface area contributed by atoms with Crippen molar-refractivity contribution in [2.24, 2.45) is 5.92 Å². The van der Waals surface area contributed by atoms with E-state index >= 15 is 0 Å². The SMILES string of the molecule is O=C(O)CCCCCCC1C(=O)CC(O)C1OCC(O)COc1ccccc1. The molecule has 156 valence electrons. The lowest BCUT2D eigenvalue weighted by atomic mass is 9.96. The number of carbonyl (C=O) groups is 2. The molecule has 0 aromatic heterocycles. The first-order chi connectivity index (χ1) is 13.5. The van der Waals surface area contributed by atoms with Gasteiger partial charge in [-0.2, -0.15) is 0 Å². The van der Waals surface area contributed by atoms with Gasteiger partial charge in [-0.15, -0.1) is 0 Å². The Hall–Kier alpha value is -1.96. The molecule has 0 saturated heterocycles. The number of aliphatic hydroxyl groups is 2. The highest BCUT2D eigenvalue weighted by molar-refractivity contribution is 5.84. The molecule has 0 aliphatic heterocycles. The van der Waals surface area contributed by atoms with Crippen molar-refractivity contribution in [2.75, 3.05) is 13.2 Å². The predicted octanol–water partition coefficient (Wildman–Crippen LogP) is 2.19. The van der Waals surface area contributed by atoms with Crippen molar-refractivity contribution >= 4 is 11.8 Å². The third-order valence-corrected chi connectivity index (χ3v) is 4.92. The number of aliphatic hydroxyl groups excluding tert-OH is 2. The van der Waals surface area contributed by atoms with E-state index in [0.29, 0.717) is 18.6 Å². The Morgan fingerprint density at radius 2 is 1.82 bits per heavy atom. The zero-order valence-corrected chi connectivity index (χ0v) is 16.0. The van der Waals surface area contributed by atoms with E-state index in [0.717, 1.165) is 19.3 Å². The van der Waals surface area contributed by atoms with E-state index in [1.165, 1.54) is 0 Å². The van der Waals surface area contributed by atoms with Gasteiger partial charge in [-0.3, -0.25) is 9.59 Å². The van der Waals surface area contributed by atoms with Crippen LogP contribution in [0.3, 0.4) is 0 Å². The van der Waals surface area contributed by atoms with Crippen molar-refractivity contribution in [2.45, 2.75) is 63.3 Å². The summed E-state index contributed by atoms with van der Waals surface area (Å²) < 4.78 is 11.2. The lowest BCUT2D eigenvalue weighted by Crippen LogP contribution is -2.34. The first kappa shape index (κ1) is 22.3. The molecule has 1 aliphatic carbocycles. The van der Waals surface area contributed by atoms with E-state index < -0.39 is 24.3 Å². The minimum Gasteiger partial charge on any atom is -0.491 e. The number of aliphatic carboxylic acids is 1. The topological polar surface area (TPSA) is 113 Å². The van der Waals surface area contributed by atoms with Gasteiger partial charge in [0.25, 0.3) is 0 Å². The van der Waals surface area contributed by atoms with E-state index in [1.807, 2.05) is 18.2 Å². The zero-order valence-electron chi connectivity index (χ0n) is 16.0. The molecule has 4 unspecified atom stereocenters. The Balaban J connectivity index is 1.70. The van der Waals surface area contributed by atoms with Gasteiger partial charge >= 0.3 is 5.97 Å². The average molecular weight is 394 g/mol. The molecule has 0 spiro atoms. The van der Waals surface area contributed by atoms with Crippen LogP contribution in [-0.4, -0.2) is 58.6 Å². The Morgan fingerprint density at radius 3 is 2.54 bits per heavy atom. The third-order valence-electron chi connectivity index (χ3n) is 4.92. The van der Waals surface area contributed by atoms with Crippen LogP contribution in [0.25, 0.3) is 0 Å². The van der Waals surface area contributed by atoms with Crippen LogP contribution in [0.2, 0.25) is 0 Å². The summed E-state index contributed by atoms with van der Waals surface area (Å²) in [6, 6.07) is 9.13. The summed E-state index contributed by atoms with van der Waals surface area (Å²) in [5, 5.41) is 28.8. The molecule has 1 saturated carbocycles. The average Bonchev–Trinajstić information content (AvgIpc) is 2.94. The van der Waals surface area contributed by atoms with Crippen molar-refractivity contribution in [1.29, 1.82) is 0 Å². The van der Waals surface area contributed by atoms with Crippen molar-refractivity contribution in [3.63, 3.8) is 0 Å². The van der Waals surface area contributed by atoms with Gasteiger partial charge in [-0.05, 0) is 25.0 Å². The Kier molecular flexibility index (Phi) is 9.40. The fourth-order valence-corrected chi connectivity index (χ4v) is 3.45. The molecule has 1 aromatic rings. The number of para-hydroxylation sites is 1. The molecule has 0 heterocycles. The number of Topliss-reactive ketones (excluding diaryl/α,β-unsaturated/α-hetero) is 1. The largest absolute Gasteiger partial charge is 0.491 e. The second-order valence-electron chi connectivity index (χ2n) is 7.27. The van der Waals surface area contributed by atoms with Gasteiger partial charge in [-0.1, -0.05) is 37.5 Å². The standard InChI is InChI=1S/C21H30O7/c22-15(13-27-16-8-4-3-5-9-16)14-28-21-17(18(23)12-19(21)24)10-6-1-2-7-11-20(25)26/h3-5,8-9,15,17,19,21-22,24H,1-2,6-7,10-14H2,(H,25,26). The van der Waals surface area contributed by atoms with Crippen molar-refractivity contribution in [1.82, 2.24) is 0 Å². The molecular weight excluding hydrogens is 364 g/mol. The maximum Gasteiger partial charge on any atom is 0.303 e. The molecule has 7 nitrogen and oxygen atoms in total. The van der Waals surface area contributed by atoms with Crippen LogP contribution in [0.4, 0.5) is 0 Å². The number of hydrogen-bond acceptors (Lipinski definition) is 6. The van der Waals surface area contributed by atoms with E-state index in [4.69, 9.17) is 14.6 Å². The van der Waals surface area contributed by atoms with E-state index in [9.17, 15) is 19.8 Å².